The minimum atomic E-state index is -0.920. The molecule has 0 aliphatic carbocycles. The summed E-state index contributed by atoms with van der Waals surface area (Å²) in [5, 5.41) is 12.1. The van der Waals surface area contributed by atoms with E-state index in [9.17, 15) is 4.79 Å². The van der Waals surface area contributed by atoms with E-state index in [0.29, 0.717) is 5.92 Å². The summed E-state index contributed by atoms with van der Waals surface area (Å²) in [5.74, 6) is 0.275. The van der Waals surface area contributed by atoms with Crippen molar-refractivity contribution in [3.63, 3.8) is 0 Å². The number of aromatic nitrogens is 2. The van der Waals surface area contributed by atoms with Gasteiger partial charge in [-0.05, 0) is 25.1 Å². The molecule has 1 aromatic carbocycles. The number of carboxylic acid groups (broad SMARTS) is 1. The van der Waals surface area contributed by atoms with Crippen LogP contribution in [0.3, 0.4) is 0 Å². The van der Waals surface area contributed by atoms with Crippen molar-refractivity contribution in [2.45, 2.75) is 12.8 Å². The third kappa shape index (κ3) is 2.40. The van der Waals surface area contributed by atoms with Gasteiger partial charge in [0.15, 0.2) is 0 Å². The standard InChI is InChI=1S/C15H15N3O2/c1-9-17-13(6-14(18-9)12-7-16-8-12)10-2-4-11(5-3-10)15(19)20/h2-6,12,16H,7-8H2,1H3,(H,19,20). The molecular weight excluding hydrogens is 254 g/mol. The van der Waals surface area contributed by atoms with Gasteiger partial charge in [0.25, 0.3) is 0 Å². The van der Waals surface area contributed by atoms with Gasteiger partial charge in [-0.15, -0.1) is 0 Å². The molecule has 0 atom stereocenters. The molecule has 0 unspecified atom stereocenters. The van der Waals surface area contributed by atoms with Crippen LogP contribution >= 0.6 is 0 Å². The van der Waals surface area contributed by atoms with Crippen LogP contribution in [0.4, 0.5) is 0 Å². The molecular formula is C15H15N3O2. The lowest BCUT2D eigenvalue weighted by atomic mass is 9.97. The van der Waals surface area contributed by atoms with Gasteiger partial charge in [0.05, 0.1) is 17.0 Å². The second-order valence-corrected chi connectivity index (χ2v) is 4.96. The molecule has 1 saturated heterocycles. The third-order valence-corrected chi connectivity index (χ3v) is 3.49. The molecule has 0 radical (unpaired) electrons. The van der Waals surface area contributed by atoms with Crippen LogP contribution in [-0.2, 0) is 0 Å². The highest BCUT2D eigenvalue weighted by Crippen LogP contribution is 2.24. The summed E-state index contributed by atoms with van der Waals surface area (Å²) in [6, 6.07) is 8.76. The van der Waals surface area contributed by atoms with Gasteiger partial charge in [0.1, 0.15) is 5.82 Å². The van der Waals surface area contributed by atoms with Gasteiger partial charge >= 0.3 is 5.97 Å². The summed E-state index contributed by atoms with van der Waals surface area (Å²) in [6.07, 6.45) is 0. The zero-order valence-electron chi connectivity index (χ0n) is 11.1. The minimum absolute atomic E-state index is 0.281. The molecule has 1 aliphatic heterocycles. The third-order valence-electron chi connectivity index (χ3n) is 3.49. The number of rotatable bonds is 3. The largest absolute Gasteiger partial charge is 0.478 e. The number of nitrogens with zero attached hydrogens (tertiary/aromatic N) is 2. The minimum Gasteiger partial charge on any atom is -0.478 e. The van der Waals surface area contributed by atoms with E-state index in [-0.39, 0.29) is 5.56 Å². The smallest absolute Gasteiger partial charge is 0.335 e. The number of carbonyl (C=O) groups is 1. The van der Waals surface area contributed by atoms with Crippen molar-refractivity contribution in [1.29, 1.82) is 0 Å². The highest BCUT2D eigenvalue weighted by atomic mass is 16.4. The lowest BCUT2D eigenvalue weighted by Gasteiger charge is -2.26. The van der Waals surface area contributed by atoms with Gasteiger partial charge in [0, 0.05) is 24.6 Å². The molecule has 0 spiro atoms. The number of nitrogens with one attached hydrogen (secondary N) is 1. The monoisotopic (exact) mass is 269 g/mol. The van der Waals surface area contributed by atoms with Crippen molar-refractivity contribution >= 4 is 5.97 Å². The van der Waals surface area contributed by atoms with E-state index >= 15 is 0 Å². The summed E-state index contributed by atoms with van der Waals surface area (Å²) < 4.78 is 0. The van der Waals surface area contributed by atoms with Gasteiger partial charge in [-0.2, -0.15) is 0 Å². The molecule has 2 N–H and O–H groups in total. The molecule has 1 fully saturated rings. The average molecular weight is 269 g/mol. The van der Waals surface area contributed by atoms with Gasteiger partial charge in [-0.25, -0.2) is 14.8 Å². The summed E-state index contributed by atoms with van der Waals surface area (Å²) in [7, 11) is 0. The Kier molecular flexibility index (Phi) is 3.20. The van der Waals surface area contributed by atoms with E-state index in [4.69, 9.17) is 5.11 Å². The lowest BCUT2D eigenvalue weighted by molar-refractivity contribution is 0.0697. The zero-order chi connectivity index (χ0) is 14.1. The van der Waals surface area contributed by atoms with Crippen LogP contribution in [0, 0.1) is 6.92 Å². The van der Waals surface area contributed by atoms with Gasteiger partial charge < -0.3 is 10.4 Å². The Hall–Kier alpha value is -2.27. The first-order valence-electron chi connectivity index (χ1n) is 6.53. The second kappa shape index (κ2) is 5.02. The van der Waals surface area contributed by atoms with E-state index < -0.39 is 5.97 Å². The zero-order valence-corrected chi connectivity index (χ0v) is 11.1. The van der Waals surface area contributed by atoms with E-state index in [1.165, 1.54) is 0 Å². The molecule has 3 rings (SSSR count). The van der Waals surface area contributed by atoms with Crippen LogP contribution in [0.5, 0.6) is 0 Å². The van der Waals surface area contributed by atoms with Crippen LogP contribution in [-0.4, -0.2) is 34.1 Å². The number of benzene rings is 1. The Balaban J connectivity index is 1.96. The van der Waals surface area contributed by atoms with E-state index in [1.807, 2.05) is 13.0 Å². The van der Waals surface area contributed by atoms with Crippen LogP contribution in [0.25, 0.3) is 11.3 Å². The maximum Gasteiger partial charge on any atom is 0.335 e. The first-order chi connectivity index (χ1) is 9.63. The van der Waals surface area contributed by atoms with Crippen molar-refractivity contribution in [1.82, 2.24) is 15.3 Å². The predicted molar refractivity (Wildman–Crippen MR) is 74.8 cm³/mol. The molecule has 2 heterocycles. The summed E-state index contributed by atoms with van der Waals surface area (Å²) in [6.45, 7) is 3.78. The second-order valence-electron chi connectivity index (χ2n) is 4.96. The van der Waals surface area contributed by atoms with Crippen molar-refractivity contribution in [2.24, 2.45) is 0 Å². The van der Waals surface area contributed by atoms with Gasteiger partial charge in [-0.1, -0.05) is 12.1 Å². The molecule has 2 aromatic rings. The number of hydrogen-bond donors (Lipinski definition) is 2. The molecule has 20 heavy (non-hydrogen) atoms. The average Bonchev–Trinajstić information content (AvgIpc) is 2.36. The Labute approximate surface area is 116 Å². The quantitative estimate of drug-likeness (QED) is 0.889. The molecule has 0 bridgehead atoms. The Morgan fingerprint density at radius 1 is 1.25 bits per heavy atom. The predicted octanol–water partition coefficient (Wildman–Crippen LogP) is 1.84. The first-order valence-corrected chi connectivity index (χ1v) is 6.53. The maximum atomic E-state index is 10.9. The Bertz CT molecular complexity index is 649. The maximum absolute atomic E-state index is 10.9. The van der Waals surface area contributed by atoms with E-state index in [2.05, 4.69) is 15.3 Å². The molecule has 102 valence electrons. The summed E-state index contributed by atoms with van der Waals surface area (Å²) >= 11 is 0. The number of carboxylic acids is 1. The fraction of sp³-hybridized carbons (Fsp3) is 0.267. The Morgan fingerprint density at radius 2 is 1.95 bits per heavy atom. The normalized spacial score (nSPS) is 14.8. The molecule has 5 heteroatoms. The van der Waals surface area contributed by atoms with Crippen molar-refractivity contribution in [3.8, 4) is 11.3 Å². The lowest BCUT2D eigenvalue weighted by Crippen LogP contribution is -2.40. The van der Waals surface area contributed by atoms with Crippen LogP contribution in [0.2, 0.25) is 0 Å². The Morgan fingerprint density at radius 3 is 2.50 bits per heavy atom. The summed E-state index contributed by atoms with van der Waals surface area (Å²) in [4.78, 5) is 19.8. The van der Waals surface area contributed by atoms with Crippen LogP contribution in [0.1, 0.15) is 27.8 Å². The topological polar surface area (TPSA) is 75.1 Å². The van der Waals surface area contributed by atoms with Gasteiger partial charge in [-0.3, -0.25) is 0 Å². The summed E-state index contributed by atoms with van der Waals surface area (Å²) in [5.41, 5.74) is 3.09. The molecule has 5 nitrogen and oxygen atoms in total. The van der Waals surface area contributed by atoms with Crippen LogP contribution in [0.15, 0.2) is 30.3 Å². The molecule has 1 aliphatic rings. The highest BCUT2D eigenvalue weighted by molar-refractivity contribution is 5.88. The van der Waals surface area contributed by atoms with Crippen molar-refractivity contribution < 1.29 is 9.90 Å². The van der Waals surface area contributed by atoms with Crippen LogP contribution < -0.4 is 5.32 Å². The fourth-order valence-electron chi connectivity index (χ4n) is 2.23. The highest BCUT2D eigenvalue weighted by Gasteiger charge is 2.21. The first kappa shape index (κ1) is 12.7. The van der Waals surface area contributed by atoms with E-state index in [0.717, 1.165) is 35.9 Å². The van der Waals surface area contributed by atoms with Crippen molar-refractivity contribution in [3.05, 3.63) is 47.4 Å². The molecule has 0 saturated carbocycles. The SMILES string of the molecule is Cc1nc(-c2ccc(C(=O)O)cc2)cc(C2CNC2)n1. The number of aromatic carboxylic acids is 1. The van der Waals surface area contributed by atoms with E-state index in [1.54, 1.807) is 24.3 Å². The number of aryl methyl sites for hydroxylation is 1. The fourth-order valence-corrected chi connectivity index (χ4v) is 2.23. The molecule has 0 amide bonds. The molecule has 1 aromatic heterocycles. The van der Waals surface area contributed by atoms with Gasteiger partial charge in [0.2, 0.25) is 0 Å². The van der Waals surface area contributed by atoms with Crippen molar-refractivity contribution in [2.75, 3.05) is 13.1 Å². The number of hydrogen-bond acceptors (Lipinski definition) is 4.